The van der Waals surface area contributed by atoms with Crippen molar-refractivity contribution >= 4 is 11.1 Å². The first kappa shape index (κ1) is 14.1. The van der Waals surface area contributed by atoms with Crippen LogP contribution in [0.5, 0.6) is 0 Å². The topological polar surface area (TPSA) is 0 Å². The highest BCUT2D eigenvalue weighted by Crippen LogP contribution is 2.19. The summed E-state index contributed by atoms with van der Waals surface area (Å²) >= 11 is 0. The Labute approximate surface area is 121 Å². The molecule has 0 heterocycles. The van der Waals surface area contributed by atoms with Gasteiger partial charge in [-0.2, -0.15) is 0 Å². The molecule has 0 atom stereocenters. The molecule has 0 amide bonds. The van der Waals surface area contributed by atoms with Gasteiger partial charge in [0.05, 0.1) is 0 Å². The molecule has 0 aliphatic rings. The van der Waals surface area contributed by atoms with Crippen LogP contribution in [0.4, 0.5) is 0 Å². The smallest absolute Gasteiger partial charge is 0.0227 e. The van der Waals surface area contributed by atoms with Crippen molar-refractivity contribution in [3.05, 3.63) is 96.1 Å². The highest BCUT2D eigenvalue weighted by molar-refractivity contribution is 5.71. The zero-order chi connectivity index (χ0) is 14.4. The zero-order valence-corrected chi connectivity index (χ0v) is 12.1. The molecule has 20 heavy (non-hydrogen) atoms. The normalized spacial score (nSPS) is 12.3. The van der Waals surface area contributed by atoms with Crippen molar-refractivity contribution in [1.29, 1.82) is 0 Å². The standard InChI is InChI=1S/C20H20/c1-16(14-17(2)19-10-6-4-7-11-19)15-18(3)20-12-8-5-9-13-20/h4-15H,1H2,2-3H3/b17-14+,18-15+. The fourth-order valence-electron chi connectivity index (χ4n) is 2.17. The first-order valence-electron chi connectivity index (χ1n) is 6.83. The van der Waals surface area contributed by atoms with Gasteiger partial charge in [0.25, 0.3) is 0 Å². The van der Waals surface area contributed by atoms with E-state index in [1.165, 1.54) is 22.3 Å². The van der Waals surface area contributed by atoms with Crippen LogP contribution in [0.1, 0.15) is 25.0 Å². The van der Waals surface area contributed by atoms with Crippen LogP contribution in [0.2, 0.25) is 0 Å². The highest BCUT2D eigenvalue weighted by atomic mass is 14.0. The third kappa shape index (κ3) is 3.83. The Kier molecular flexibility index (Phi) is 4.73. The second kappa shape index (κ2) is 6.72. The number of benzene rings is 2. The number of allylic oxidation sites excluding steroid dienone is 5. The van der Waals surface area contributed by atoms with Gasteiger partial charge in [-0.25, -0.2) is 0 Å². The molecule has 0 aliphatic carbocycles. The van der Waals surface area contributed by atoms with Gasteiger partial charge in [0, 0.05) is 0 Å². The van der Waals surface area contributed by atoms with Gasteiger partial charge in [0.2, 0.25) is 0 Å². The monoisotopic (exact) mass is 260 g/mol. The largest absolute Gasteiger partial charge is 0.0917 e. The molecule has 0 saturated carbocycles. The lowest BCUT2D eigenvalue weighted by Gasteiger charge is -2.04. The number of hydrogen-bond donors (Lipinski definition) is 0. The molecule has 0 N–H and O–H groups in total. The summed E-state index contributed by atoms with van der Waals surface area (Å²) in [4.78, 5) is 0. The van der Waals surface area contributed by atoms with Gasteiger partial charge < -0.3 is 0 Å². The second-order valence-corrected chi connectivity index (χ2v) is 4.96. The molecule has 2 rings (SSSR count). The second-order valence-electron chi connectivity index (χ2n) is 4.96. The van der Waals surface area contributed by atoms with E-state index in [2.05, 4.69) is 81.1 Å². The predicted octanol–water partition coefficient (Wildman–Crippen LogP) is 5.75. The first-order chi connectivity index (χ1) is 9.66. The van der Waals surface area contributed by atoms with Crippen molar-refractivity contribution in [2.75, 3.05) is 0 Å². The molecule has 0 aliphatic heterocycles. The van der Waals surface area contributed by atoms with Crippen LogP contribution in [0, 0.1) is 0 Å². The molecule has 0 aromatic heterocycles. The summed E-state index contributed by atoms with van der Waals surface area (Å²) in [5, 5.41) is 0. The van der Waals surface area contributed by atoms with E-state index in [9.17, 15) is 0 Å². The van der Waals surface area contributed by atoms with Crippen LogP contribution >= 0.6 is 0 Å². The molecule has 0 radical (unpaired) electrons. The van der Waals surface area contributed by atoms with Crippen molar-refractivity contribution in [1.82, 2.24) is 0 Å². The summed E-state index contributed by atoms with van der Waals surface area (Å²) in [6.45, 7) is 8.37. The molecular weight excluding hydrogens is 240 g/mol. The van der Waals surface area contributed by atoms with Gasteiger partial charge in [0.1, 0.15) is 0 Å². The van der Waals surface area contributed by atoms with Crippen LogP contribution in [-0.2, 0) is 0 Å². The quantitative estimate of drug-likeness (QED) is 0.614. The molecule has 0 saturated heterocycles. The van der Waals surface area contributed by atoms with Crippen molar-refractivity contribution < 1.29 is 0 Å². The van der Waals surface area contributed by atoms with Gasteiger partial charge in [-0.1, -0.05) is 79.4 Å². The maximum Gasteiger partial charge on any atom is -0.0227 e. The van der Waals surface area contributed by atoms with E-state index < -0.39 is 0 Å². The summed E-state index contributed by atoms with van der Waals surface area (Å²) in [6.07, 6.45) is 4.25. The van der Waals surface area contributed by atoms with Crippen LogP contribution < -0.4 is 0 Å². The lowest BCUT2D eigenvalue weighted by Crippen LogP contribution is -1.82. The maximum atomic E-state index is 4.13. The summed E-state index contributed by atoms with van der Waals surface area (Å²) in [5.74, 6) is 0. The van der Waals surface area contributed by atoms with Crippen LogP contribution in [0.15, 0.2) is 85.0 Å². The molecule has 0 unspecified atom stereocenters. The number of hydrogen-bond acceptors (Lipinski definition) is 0. The van der Waals surface area contributed by atoms with E-state index in [1.54, 1.807) is 0 Å². The molecule has 0 fully saturated rings. The van der Waals surface area contributed by atoms with E-state index in [1.807, 2.05) is 12.1 Å². The Morgan fingerprint density at radius 1 is 0.700 bits per heavy atom. The lowest BCUT2D eigenvalue weighted by atomic mass is 10.0. The van der Waals surface area contributed by atoms with Crippen LogP contribution in [-0.4, -0.2) is 0 Å². The van der Waals surface area contributed by atoms with E-state index in [4.69, 9.17) is 0 Å². The van der Waals surface area contributed by atoms with Crippen molar-refractivity contribution in [3.8, 4) is 0 Å². The number of rotatable bonds is 4. The summed E-state index contributed by atoms with van der Waals surface area (Å²) < 4.78 is 0. The minimum Gasteiger partial charge on any atom is -0.0917 e. The van der Waals surface area contributed by atoms with Gasteiger partial charge in [-0.05, 0) is 41.7 Å². The van der Waals surface area contributed by atoms with E-state index in [0.717, 1.165) is 5.57 Å². The Hall–Kier alpha value is -2.34. The zero-order valence-electron chi connectivity index (χ0n) is 12.1. The minimum atomic E-state index is 1.02. The van der Waals surface area contributed by atoms with Crippen molar-refractivity contribution in [3.63, 3.8) is 0 Å². The minimum absolute atomic E-state index is 1.02. The molecule has 0 bridgehead atoms. The fraction of sp³-hybridized carbons (Fsp3) is 0.100. The third-order valence-corrected chi connectivity index (χ3v) is 3.26. The SMILES string of the molecule is C=C(/C=C(\C)c1ccccc1)/C=C(\C)c1ccccc1. The average molecular weight is 260 g/mol. The Balaban J connectivity index is 2.17. The molecule has 2 aromatic carbocycles. The van der Waals surface area contributed by atoms with E-state index in [-0.39, 0.29) is 0 Å². The summed E-state index contributed by atoms with van der Waals surface area (Å²) in [7, 11) is 0. The van der Waals surface area contributed by atoms with Gasteiger partial charge in [-0.15, -0.1) is 0 Å². The lowest BCUT2D eigenvalue weighted by molar-refractivity contribution is 1.53. The van der Waals surface area contributed by atoms with E-state index in [0.29, 0.717) is 0 Å². The molecule has 0 heteroatoms. The molecule has 0 spiro atoms. The molecular formula is C20H20. The van der Waals surface area contributed by atoms with Crippen LogP contribution in [0.25, 0.3) is 11.1 Å². The van der Waals surface area contributed by atoms with Crippen LogP contribution in [0.3, 0.4) is 0 Å². The van der Waals surface area contributed by atoms with Crippen molar-refractivity contribution in [2.45, 2.75) is 13.8 Å². The van der Waals surface area contributed by atoms with Gasteiger partial charge in [0.15, 0.2) is 0 Å². The highest BCUT2D eigenvalue weighted by Gasteiger charge is 1.97. The summed E-state index contributed by atoms with van der Waals surface area (Å²) in [6, 6.07) is 20.8. The summed E-state index contributed by atoms with van der Waals surface area (Å²) in [5.41, 5.74) is 5.95. The maximum absolute atomic E-state index is 4.13. The first-order valence-corrected chi connectivity index (χ1v) is 6.83. The molecule has 100 valence electrons. The Morgan fingerprint density at radius 3 is 1.40 bits per heavy atom. The Bertz CT molecular complexity index is 571. The van der Waals surface area contributed by atoms with Crippen molar-refractivity contribution in [2.24, 2.45) is 0 Å². The average Bonchev–Trinajstić information content (AvgIpc) is 2.49. The third-order valence-electron chi connectivity index (χ3n) is 3.26. The van der Waals surface area contributed by atoms with E-state index >= 15 is 0 Å². The van der Waals surface area contributed by atoms with Gasteiger partial charge >= 0.3 is 0 Å². The Morgan fingerprint density at radius 2 is 1.05 bits per heavy atom. The fourth-order valence-corrected chi connectivity index (χ4v) is 2.17. The van der Waals surface area contributed by atoms with Gasteiger partial charge in [-0.3, -0.25) is 0 Å². The molecule has 2 aromatic rings. The molecule has 0 nitrogen and oxygen atoms in total. The predicted molar refractivity (Wildman–Crippen MR) is 89.3 cm³/mol.